The van der Waals surface area contributed by atoms with Crippen LogP contribution >= 0.6 is 27.5 Å². The number of nitrogens with two attached hydrogens (primary N) is 2. The maximum atomic E-state index is 8.91. The first-order valence-electron chi connectivity index (χ1n) is 10.6. The number of alkyl halides is 1. The third-order valence-electron chi connectivity index (χ3n) is 5.11. The van der Waals surface area contributed by atoms with Crippen molar-refractivity contribution in [3.8, 4) is 11.5 Å². The molecule has 32 heavy (non-hydrogen) atoms. The maximum absolute atomic E-state index is 8.91. The van der Waals surface area contributed by atoms with Gasteiger partial charge < -0.3 is 25.3 Å². The van der Waals surface area contributed by atoms with Gasteiger partial charge in [0, 0.05) is 30.5 Å². The van der Waals surface area contributed by atoms with Gasteiger partial charge in [-0.05, 0) is 57.7 Å². The third kappa shape index (κ3) is 7.89. The predicted molar refractivity (Wildman–Crippen MR) is 134 cm³/mol. The van der Waals surface area contributed by atoms with Crippen LogP contribution in [0.25, 0.3) is 0 Å². The van der Waals surface area contributed by atoms with Gasteiger partial charge in [-0.2, -0.15) is 0 Å². The van der Waals surface area contributed by atoms with E-state index in [1.807, 2.05) is 18.2 Å². The van der Waals surface area contributed by atoms with E-state index in [2.05, 4.69) is 54.0 Å². The molecule has 0 radical (unpaired) electrons. The molecule has 6 nitrogen and oxygen atoms in total. The summed E-state index contributed by atoms with van der Waals surface area (Å²) in [5.41, 5.74) is 8.05. The summed E-state index contributed by atoms with van der Waals surface area (Å²) in [6.45, 7) is 5.88. The number of hydrogen-bond donors (Lipinski definition) is 3. The Labute approximate surface area is 204 Å². The molecule has 176 valence electrons. The van der Waals surface area contributed by atoms with Gasteiger partial charge in [-0.25, -0.2) is 5.84 Å². The number of hydrazine groups is 1. The van der Waals surface area contributed by atoms with Gasteiger partial charge in [0.2, 0.25) is 0 Å². The van der Waals surface area contributed by atoms with Crippen molar-refractivity contribution in [3.05, 3.63) is 70.0 Å². The molecule has 0 aliphatic carbocycles. The molecule has 0 heterocycles. The van der Waals surface area contributed by atoms with Gasteiger partial charge in [0.15, 0.2) is 0 Å². The highest BCUT2D eigenvalue weighted by molar-refractivity contribution is 9.10. The fraction of sp³-hybridized carbons (Fsp3) is 0.417. The maximum Gasteiger partial charge on any atom is 0.133 e. The number of benzene rings is 2. The van der Waals surface area contributed by atoms with Gasteiger partial charge >= 0.3 is 0 Å². The minimum Gasteiger partial charge on any atom is -0.494 e. The standard InChI is InChI=1S/C24H33BrClN3O3/c1-24(2,19-7-10-23(22(25)15-19)32-13-3-11-26)18-5-8-21(9-6-18)31-14-4-12-29(28)16-20(27)17-30/h5-10,15-16,30H,3-4,11-14,17,27-28H2,1-2H3/b20-16-. The molecule has 0 aliphatic heterocycles. The Bertz CT molecular complexity index is 875. The molecule has 0 amide bonds. The third-order valence-corrected chi connectivity index (χ3v) is 6.00. The molecule has 0 saturated heterocycles. The topological polar surface area (TPSA) is 94.0 Å². The molecule has 5 N–H and O–H groups in total. The molecule has 0 aromatic heterocycles. The Morgan fingerprint density at radius 2 is 1.75 bits per heavy atom. The van der Waals surface area contributed by atoms with Crippen molar-refractivity contribution >= 4 is 27.5 Å². The van der Waals surface area contributed by atoms with Crippen molar-refractivity contribution in [2.45, 2.75) is 32.1 Å². The van der Waals surface area contributed by atoms with Crippen LogP contribution in [0.1, 0.15) is 37.8 Å². The first-order chi connectivity index (χ1) is 15.3. The van der Waals surface area contributed by atoms with Crippen molar-refractivity contribution in [3.63, 3.8) is 0 Å². The van der Waals surface area contributed by atoms with Crippen molar-refractivity contribution < 1.29 is 14.6 Å². The molecular weight excluding hydrogens is 494 g/mol. The lowest BCUT2D eigenvalue weighted by Crippen LogP contribution is -2.29. The van der Waals surface area contributed by atoms with Crippen LogP contribution in [0, 0.1) is 0 Å². The van der Waals surface area contributed by atoms with E-state index in [0.717, 1.165) is 28.8 Å². The fourth-order valence-corrected chi connectivity index (χ4v) is 3.74. The summed E-state index contributed by atoms with van der Waals surface area (Å²) < 4.78 is 12.5. The zero-order chi connectivity index (χ0) is 23.6. The molecular formula is C24H33BrClN3O3. The van der Waals surface area contributed by atoms with Gasteiger partial charge in [-0.15, -0.1) is 11.6 Å². The van der Waals surface area contributed by atoms with Crippen LogP contribution in [0.4, 0.5) is 0 Å². The lowest BCUT2D eigenvalue weighted by atomic mass is 9.78. The van der Waals surface area contributed by atoms with Gasteiger partial charge in [0.25, 0.3) is 0 Å². The Kier molecular flexibility index (Phi) is 10.6. The van der Waals surface area contributed by atoms with E-state index in [9.17, 15) is 0 Å². The number of nitrogens with zero attached hydrogens (tertiary/aromatic N) is 1. The van der Waals surface area contributed by atoms with Crippen LogP contribution < -0.4 is 21.1 Å². The van der Waals surface area contributed by atoms with Crippen LogP contribution in [0.5, 0.6) is 11.5 Å². The summed E-state index contributed by atoms with van der Waals surface area (Å²) in [5.74, 6) is 8.02. The van der Waals surface area contributed by atoms with Crippen LogP contribution in [0.3, 0.4) is 0 Å². The lowest BCUT2D eigenvalue weighted by molar-refractivity contribution is 0.275. The van der Waals surface area contributed by atoms with E-state index in [1.54, 1.807) is 0 Å². The largest absolute Gasteiger partial charge is 0.494 e. The van der Waals surface area contributed by atoms with E-state index in [-0.39, 0.29) is 12.0 Å². The quantitative estimate of drug-likeness (QED) is 0.154. The van der Waals surface area contributed by atoms with Crippen molar-refractivity contribution in [2.75, 3.05) is 32.2 Å². The highest BCUT2D eigenvalue weighted by Gasteiger charge is 2.24. The van der Waals surface area contributed by atoms with Crippen molar-refractivity contribution in [1.29, 1.82) is 0 Å². The molecule has 0 bridgehead atoms. The van der Waals surface area contributed by atoms with Crippen LogP contribution in [0.2, 0.25) is 0 Å². The monoisotopic (exact) mass is 525 g/mol. The first kappa shape index (κ1) is 26.3. The summed E-state index contributed by atoms with van der Waals surface area (Å²) in [6.07, 6.45) is 3.07. The first-order valence-corrected chi connectivity index (χ1v) is 11.9. The summed E-state index contributed by atoms with van der Waals surface area (Å²) in [7, 11) is 0. The minimum absolute atomic E-state index is 0.186. The molecule has 0 aliphatic rings. The second-order valence-corrected chi connectivity index (χ2v) is 9.22. The van der Waals surface area contributed by atoms with E-state index >= 15 is 0 Å². The Morgan fingerprint density at radius 3 is 2.38 bits per heavy atom. The molecule has 2 aromatic carbocycles. The van der Waals surface area contributed by atoms with Gasteiger partial charge in [0.1, 0.15) is 11.5 Å². The molecule has 0 unspecified atom stereocenters. The van der Waals surface area contributed by atoms with Crippen LogP contribution in [-0.4, -0.2) is 42.4 Å². The molecule has 0 spiro atoms. The second kappa shape index (κ2) is 12.9. The van der Waals surface area contributed by atoms with Crippen LogP contribution in [-0.2, 0) is 5.41 Å². The Balaban J connectivity index is 1.94. The average molecular weight is 527 g/mol. The number of aliphatic hydroxyl groups is 1. The summed E-state index contributed by atoms with van der Waals surface area (Å²) in [6, 6.07) is 14.4. The van der Waals surface area contributed by atoms with Crippen molar-refractivity contribution in [1.82, 2.24) is 5.01 Å². The van der Waals surface area contributed by atoms with E-state index < -0.39 is 0 Å². The smallest absolute Gasteiger partial charge is 0.133 e. The Morgan fingerprint density at radius 1 is 1.09 bits per heavy atom. The van der Waals surface area contributed by atoms with Gasteiger partial charge in [0.05, 0.1) is 30.0 Å². The minimum atomic E-state index is -0.212. The normalized spacial score (nSPS) is 12.0. The lowest BCUT2D eigenvalue weighted by Gasteiger charge is -2.27. The number of hydrogen-bond acceptors (Lipinski definition) is 6. The highest BCUT2D eigenvalue weighted by atomic mass is 79.9. The molecule has 8 heteroatoms. The SMILES string of the molecule is CC(C)(c1ccc(OCCCN(N)/C=C(\N)CO)cc1)c1ccc(OCCCCl)c(Br)c1. The zero-order valence-corrected chi connectivity index (χ0v) is 21.0. The summed E-state index contributed by atoms with van der Waals surface area (Å²) in [5, 5.41) is 10.4. The molecule has 0 atom stereocenters. The van der Waals surface area contributed by atoms with Crippen LogP contribution in [0.15, 0.2) is 58.8 Å². The zero-order valence-electron chi connectivity index (χ0n) is 18.7. The molecule has 0 fully saturated rings. The highest BCUT2D eigenvalue weighted by Crippen LogP contribution is 2.36. The number of aliphatic hydroxyl groups excluding tert-OH is 1. The second-order valence-electron chi connectivity index (χ2n) is 7.99. The summed E-state index contributed by atoms with van der Waals surface area (Å²) >= 11 is 9.34. The Hall–Kier alpha value is -1.93. The average Bonchev–Trinajstić information content (AvgIpc) is 2.78. The van der Waals surface area contributed by atoms with E-state index in [0.29, 0.717) is 31.3 Å². The number of rotatable bonds is 13. The molecule has 2 aromatic rings. The van der Waals surface area contributed by atoms with Crippen molar-refractivity contribution in [2.24, 2.45) is 11.6 Å². The van der Waals surface area contributed by atoms with E-state index in [4.69, 9.17) is 37.8 Å². The summed E-state index contributed by atoms with van der Waals surface area (Å²) in [4.78, 5) is 0. The predicted octanol–water partition coefficient (Wildman–Crippen LogP) is 4.52. The number of halogens is 2. The van der Waals surface area contributed by atoms with Gasteiger partial charge in [-0.1, -0.05) is 32.0 Å². The van der Waals surface area contributed by atoms with Gasteiger partial charge in [-0.3, -0.25) is 0 Å². The molecule has 0 saturated carbocycles. The molecule has 2 rings (SSSR count). The fourth-order valence-electron chi connectivity index (χ4n) is 3.13. The van der Waals surface area contributed by atoms with E-state index in [1.165, 1.54) is 22.3 Å². The number of ether oxygens (including phenoxy) is 2.